The molecule has 0 atom stereocenters. The van der Waals surface area contributed by atoms with Crippen molar-refractivity contribution in [1.82, 2.24) is 0 Å². The third-order valence-corrected chi connectivity index (χ3v) is 11.8. The van der Waals surface area contributed by atoms with Gasteiger partial charge in [0.25, 0.3) is 0 Å². The first-order chi connectivity index (χ1) is 7.93. The molecule has 0 amide bonds. The minimum Gasteiger partial charge on any atom is -0.488 e. The van der Waals surface area contributed by atoms with Crippen LogP contribution >= 0.6 is 113 Å². The summed E-state index contributed by atoms with van der Waals surface area (Å²) in [6.45, 7) is 4.35. The predicted octanol–water partition coefficient (Wildman–Crippen LogP) is 6.28. The largest absolute Gasteiger partial charge is 0.488 e. The second-order valence-corrected chi connectivity index (χ2v) is 8.85. The fourth-order valence-electron chi connectivity index (χ4n) is 1.31. The van der Waals surface area contributed by atoms with Gasteiger partial charge in [-0.05, 0) is 126 Å². The summed E-state index contributed by atoms with van der Waals surface area (Å²) in [6, 6.07) is 0. The van der Waals surface area contributed by atoms with Crippen LogP contribution < -0.4 is 4.74 Å². The van der Waals surface area contributed by atoms with Crippen LogP contribution in [0.1, 0.15) is 26.7 Å². The SMILES string of the molecule is CCC(CC)Oc1c(I)c(I)c(I)c(I)c1I. The molecule has 0 aliphatic carbocycles. The highest BCUT2D eigenvalue weighted by Gasteiger charge is 2.20. The van der Waals surface area contributed by atoms with Gasteiger partial charge in [0.15, 0.2) is 0 Å². The van der Waals surface area contributed by atoms with Crippen molar-refractivity contribution < 1.29 is 4.74 Å². The molecule has 0 N–H and O–H groups in total. The molecule has 1 aromatic carbocycles. The topological polar surface area (TPSA) is 9.23 Å². The van der Waals surface area contributed by atoms with Crippen molar-refractivity contribution in [2.75, 3.05) is 0 Å². The van der Waals surface area contributed by atoms with E-state index in [4.69, 9.17) is 4.74 Å². The minimum atomic E-state index is 0.323. The molecule has 0 saturated heterocycles. The Morgan fingerprint density at radius 3 is 1.47 bits per heavy atom. The van der Waals surface area contributed by atoms with Gasteiger partial charge in [-0.3, -0.25) is 0 Å². The Balaban J connectivity index is 3.24. The van der Waals surface area contributed by atoms with E-state index in [2.05, 4.69) is 127 Å². The summed E-state index contributed by atoms with van der Waals surface area (Å²) in [7, 11) is 0. The van der Waals surface area contributed by atoms with Crippen LogP contribution in [0.5, 0.6) is 5.75 Å². The van der Waals surface area contributed by atoms with Crippen LogP contribution in [0.15, 0.2) is 0 Å². The average Bonchev–Trinajstić information content (AvgIpc) is 2.34. The minimum absolute atomic E-state index is 0.323. The normalized spacial score (nSPS) is 11.1. The van der Waals surface area contributed by atoms with Gasteiger partial charge in [-0.15, -0.1) is 0 Å². The lowest BCUT2D eigenvalue weighted by atomic mass is 10.2. The van der Waals surface area contributed by atoms with E-state index >= 15 is 0 Å². The Morgan fingerprint density at radius 1 is 0.765 bits per heavy atom. The number of benzene rings is 1. The summed E-state index contributed by atoms with van der Waals surface area (Å²) in [6.07, 6.45) is 2.44. The number of rotatable bonds is 4. The van der Waals surface area contributed by atoms with Crippen molar-refractivity contribution in [2.24, 2.45) is 0 Å². The van der Waals surface area contributed by atoms with Gasteiger partial charge in [0.05, 0.1) is 13.2 Å². The number of hydrogen-bond donors (Lipinski definition) is 0. The molecule has 0 aliphatic rings. The lowest BCUT2D eigenvalue weighted by molar-refractivity contribution is 0.189. The van der Waals surface area contributed by atoms with Gasteiger partial charge in [0.2, 0.25) is 0 Å². The zero-order chi connectivity index (χ0) is 13.2. The molecule has 96 valence electrons. The summed E-state index contributed by atoms with van der Waals surface area (Å²) in [4.78, 5) is 0. The molecule has 0 bridgehead atoms. The molecule has 1 nitrogen and oxygen atoms in total. The Labute approximate surface area is 171 Å². The van der Waals surface area contributed by atoms with E-state index < -0.39 is 0 Å². The van der Waals surface area contributed by atoms with Crippen molar-refractivity contribution >= 4 is 113 Å². The maximum absolute atomic E-state index is 6.16. The van der Waals surface area contributed by atoms with E-state index in [0.717, 1.165) is 18.6 Å². The second-order valence-electron chi connectivity index (χ2n) is 3.46. The molecule has 0 heterocycles. The van der Waals surface area contributed by atoms with Crippen molar-refractivity contribution in [3.05, 3.63) is 17.9 Å². The van der Waals surface area contributed by atoms with Gasteiger partial charge in [-0.25, -0.2) is 0 Å². The molecular formula is C11H11I5O. The lowest BCUT2D eigenvalue weighted by Crippen LogP contribution is -2.16. The second kappa shape index (κ2) is 8.20. The van der Waals surface area contributed by atoms with Crippen LogP contribution in [0.4, 0.5) is 0 Å². The van der Waals surface area contributed by atoms with E-state index in [1.54, 1.807) is 0 Å². The van der Waals surface area contributed by atoms with Gasteiger partial charge >= 0.3 is 0 Å². The molecule has 0 radical (unpaired) electrons. The first-order valence-corrected chi connectivity index (χ1v) is 10.5. The van der Waals surface area contributed by atoms with Crippen molar-refractivity contribution in [2.45, 2.75) is 32.8 Å². The highest BCUT2D eigenvalue weighted by Crippen LogP contribution is 2.39. The fourth-order valence-corrected chi connectivity index (χ4v) is 6.28. The van der Waals surface area contributed by atoms with Crippen LogP contribution in [-0.2, 0) is 0 Å². The molecule has 0 aromatic heterocycles. The molecule has 0 spiro atoms. The fraction of sp³-hybridized carbons (Fsp3) is 0.455. The highest BCUT2D eigenvalue weighted by molar-refractivity contribution is 14.1. The van der Waals surface area contributed by atoms with Gasteiger partial charge in [0.1, 0.15) is 5.75 Å². The van der Waals surface area contributed by atoms with E-state index in [1.807, 2.05) is 0 Å². The molecule has 6 heteroatoms. The first-order valence-electron chi connectivity index (χ1n) is 5.12. The monoisotopic (exact) mass is 794 g/mol. The maximum Gasteiger partial charge on any atom is 0.148 e. The van der Waals surface area contributed by atoms with Gasteiger partial charge in [-0.1, -0.05) is 13.8 Å². The Bertz CT molecular complexity index is 386. The molecule has 0 aliphatic heterocycles. The summed E-state index contributed by atoms with van der Waals surface area (Å²) in [5.41, 5.74) is 0. The third kappa shape index (κ3) is 4.32. The molecule has 1 aromatic rings. The molecule has 0 fully saturated rings. The first kappa shape index (κ1) is 17.7. The average molecular weight is 794 g/mol. The highest BCUT2D eigenvalue weighted by atomic mass is 127. The Hall–Kier alpha value is 2.67. The van der Waals surface area contributed by atoms with Gasteiger partial charge in [-0.2, -0.15) is 0 Å². The van der Waals surface area contributed by atoms with Gasteiger partial charge < -0.3 is 4.74 Å². The third-order valence-electron chi connectivity index (χ3n) is 2.36. The summed E-state index contributed by atoms with van der Waals surface area (Å²) < 4.78 is 12.6. The van der Waals surface area contributed by atoms with Crippen LogP contribution in [-0.4, -0.2) is 6.10 Å². The Kier molecular flexibility index (Phi) is 8.54. The number of halogens is 5. The van der Waals surface area contributed by atoms with Crippen molar-refractivity contribution in [3.63, 3.8) is 0 Å². The summed E-state index contributed by atoms with van der Waals surface area (Å²) in [5.74, 6) is 1.06. The van der Waals surface area contributed by atoms with Crippen LogP contribution in [0.2, 0.25) is 0 Å². The van der Waals surface area contributed by atoms with E-state index in [-0.39, 0.29) is 0 Å². The van der Waals surface area contributed by atoms with Crippen molar-refractivity contribution in [3.8, 4) is 5.75 Å². The Morgan fingerprint density at radius 2 is 1.12 bits per heavy atom. The van der Waals surface area contributed by atoms with Crippen LogP contribution in [0.25, 0.3) is 0 Å². The van der Waals surface area contributed by atoms with Crippen molar-refractivity contribution in [1.29, 1.82) is 0 Å². The number of hydrogen-bond acceptors (Lipinski definition) is 1. The van der Waals surface area contributed by atoms with Gasteiger partial charge in [0, 0.05) is 10.7 Å². The zero-order valence-electron chi connectivity index (χ0n) is 9.29. The van der Waals surface area contributed by atoms with E-state index in [0.29, 0.717) is 6.10 Å². The molecular weight excluding hydrogens is 783 g/mol. The molecule has 0 unspecified atom stereocenters. The van der Waals surface area contributed by atoms with E-state index in [9.17, 15) is 0 Å². The maximum atomic E-state index is 6.16. The summed E-state index contributed by atoms with van der Waals surface area (Å²) >= 11 is 12.0. The molecule has 1 rings (SSSR count). The number of ether oxygens (including phenoxy) is 1. The zero-order valence-corrected chi connectivity index (χ0v) is 20.1. The predicted molar refractivity (Wildman–Crippen MR) is 115 cm³/mol. The summed E-state index contributed by atoms with van der Waals surface area (Å²) in [5, 5.41) is 0. The molecule has 17 heavy (non-hydrogen) atoms. The van der Waals surface area contributed by atoms with Crippen LogP contribution in [0.3, 0.4) is 0 Å². The molecule has 0 saturated carbocycles. The van der Waals surface area contributed by atoms with E-state index in [1.165, 1.54) is 17.9 Å². The lowest BCUT2D eigenvalue weighted by Gasteiger charge is -2.20. The quantitative estimate of drug-likeness (QED) is 0.199. The van der Waals surface area contributed by atoms with Crippen LogP contribution in [0, 0.1) is 17.9 Å². The standard InChI is InChI=1S/C11H11I5O/c1-3-5(4-2)17-11-9(15)7(13)6(12)8(14)10(11)16/h5H,3-4H2,1-2H3. The smallest absolute Gasteiger partial charge is 0.148 e.